The van der Waals surface area contributed by atoms with Gasteiger partial charge in [0.05, 0.1) is 18.0 Å². The molecule has 1 heterocycles. The highest BCUT2D eigenvalue weighted by molar-refractivity contribution is 5.82. The summed E-state index contributed by atoms with van der Waals surface area (Å²) in [6.45, 7) is 2.47. The van der Waals surface area contributed by atoms with Gasteiger partial charge >= 0.3 is 5.97 Å². The van der Waals surface area contributed by atoms with Crippen LogP contribution in [0.3, 0.4) is 0 Å². The predicted molar refractivity (Wildman–Crippen MR) is 74.6 cm³/mol. The minimum atomic E-state index is -0.300. The average Bonchev–Trinajstić information content (AvgIpc) is 2.45. The molecule has 0 fully saturated rings. The molecule has 4 heteroatoms. The van der Waals surface area contributed by atoms with Gasteiger partial charge in [-0.1, -0.05) is 18.2 Å². The van der Waals surface area contributed by atoms with Crippen molar-refractivity contribution < 1.29 is 9.53 Å². The third kappa shape index (κ3) is 3.09. The summed E-state index contributed by atoms with van der Waals surface area (Å²) in [4.78, 5) is 16.1. The maximum Gasteiger partial charge on any atom is 0.310 e. The number of pyridine rings is 1. The second-order valence-corrected chi connectivity index (χ2v) is 4.38. The number of ether oxygens (including phenoxy) is 1. The Morgan fingerprint density at radius 1 is 1.37 bits per heavy atom. The summed E-state index contributed by atoms with van der Waals surface area (Å²) in [7, 11) is 0. The predicted octanol–water partition coefficient (Wildman–Crippen LogP) is 1.92. The molecule has 0 aliphatic heterocycles. The van der Waals surface area contributed by atoms with E-state index in [1.807, 2.05) is 30.3 Å². The fourth-order valence-corrected chi connectivity index (χ4v) is 2.12. The van der Waals surface area contributed by atoms with Crippen molar-refractivity contribution in [3.05, 3.63) is 42.1 Å². The fourth-order valence-electron chi connectivity index (χ4n) is 2.12. The van der Waals surface area contributed by atoms with Crippen molar-refractivity contribution in [1.29, 1.82) is 0 Å². The highest BCUT2D eigenvalue weighted by atomic mass is 16.5. The number of nitrogens with two attached hydrogens (primary N) is 1. The molecule has 0 amide bonds. The molecule has 0 saturated carbocycles. The molecule has 1 atom stereocenters. The molecule has 19 heavy (non-hydrogen) atoms. The zero-order valence-electron chi connectivity index (χ0n) is 11.0. The second kappa shape index (κ2) is 6.29. The van der Waals surface area contributed by atoms with Gasteiger partial charge in [-0.05, 0) is 31.0 Å². The topological polar surface area (TPSA) is 65.2 Å². The molecule has 0 saturated heterocycles. The number of hydrogen-bond acceptors (Lipinski definition) is 4. The van der Waals surface area contributed by atoms with Gasteiger partial charge in [0.2, 0.25) is 0 Å². The fraction of sp³-hybridized carbons (Fsp3) is 0.333. The number of carbonyl (C=O) groups is 1. The SMILES string of the molecule is CCOC(=O)C(CN)Cc1ccnc2ccccc12. The van der Waals surface area contributed by atoms with Gasteiger partial charge in [0.1, 0.15) is 0 Å². The number of fused-ring (bicyclic) bond motifs is 1. The van der Waals surface area contributed by atoms with Gasteiger partial charge in [0.25, 0.3) is 0 Å². The molecule has 0 bridgehead atoms. The molecular formula is C15H18N2O2. The molecule has 1 unspecified atom stereocenters. The molecule has 2 N–H and O–H groups in total. The van der Waals surface area contributed by atoms with Gasteiger partial charge < -0.3 is 10.5 Å². The zero-order chi connectivity index (χ0) is 13.7. The van der Waals surface area contributed by atoms with Crippen molar-refractivity contribution in [2.45, 2.75) is 13.3 Å². The standard InChI is InChI=1S/C15H18N2O2/c1-2-19-15(18)12(10-16)9-11-7-8-17-14-6-4-3-5-13(11)14/h3-8,12H,2,9-10,16H2,1H3. The van der Waals surface area contributed by atoms with Crippen LogP contribution in [0.25, 0.3) is 10.9 Å². The Bertz CT molecular complexity index is 564. The van der Waals surface area contributed by atoms with Crippen LogP contribution in [0.4, 0.5) is 0 Å². The summed E-state index contributed by atoms with van der Waals surface area (Å²) in [6, 6.07) is 9.82. The third-order valence-corrected chi connectivity index (χ3v) is 3.11. The van der Waals surface area contributed by atoms with Crippen molar-refractivity contribution in [2.24, 2.45) is 11.7 Å². The Kier molecular flexibility index (Phi) is 4.47. The highest BCUT2D eigenvalue weighted by Crippen LogP contribution is 2.19. The molecule has 0 aliphatic rings. The molecule has 1 aromatic heterocycles. The van der Waals surface area contributed by atoms with Crippen LogP contribution < -0.4 is 5.73 Å². The van der Waals surface area contributed by atoms with E-state index in [-0.39, 0.29) is 18.4 Å². The summed E-state index contributed by atoms with van der Waals surface area (Å²) in [5.41, 5.74) is 7.69. The van der Waals surface area contributed by atoms with E-state index in [4.69, 9.17) is 10.5 Å². The first-order valence-electron chi connectivity index (χ1n) is 6.45. The first-order valence-corrected chi connectivity index (χ1v) is 6.45. The van der Waals surface area contributed by atoms with Gasteiger partial charge in [-0.15, -0.1) is 0 Å². The largest absolute Gasteiger partial charge is 0.466 e. The van der Waals surface area contributed by atoms with E-state index >= 15 is 0 Å². The smallest absolute Gasteiger partial charge is 0.310 e. The van der Waals surface area contributed by atoms with E-state index < -0.39 is 0 Å². The van der Waals surface area contributed by atoms with Crippen molar-refractivity contribution in [1.82, 2.24) is 4.98 Å². The number of carbonyl (C=O) groups excluding carboxylic acids is 1. The minimum Gasteiger partial charge on any atom is -0.466 e. The van der Waals surface area contributed by atoms with E-state index in [2.05, 4.69) is 4.98 Å². The van der Waals surface area contributed by atoms with Crippen LogP contribution in [-0.2, 0) is 16.0 Å². The highest BCUT2D eigenvalue weighted by Gasteiger charge is 2.19. The van der Waals surface area contributed by atoms with Crippen LogP contribution in [-0.4, -0.2) is 24.1 Å². The van der Waals surface area contributed by atoms with Crippen molar-refractivity contribution in [3.8, 4) is 0 Å². The van der Waals surface area contributed by atoms with Crippen LogP contribution in [0.2, 0.25) is 0 Å². The van der Waals surface area contributed by atoms with Crippen molar-refractivity contribution in [2.75, 3.05) is 13.2 Å². The molecule has 0 aliphatic carbocycles. The maximum absolute atomic E-state index is 11.8. The maximum atomic E-state index is 11.8. The van der Waals surface area contributed by atoms with Gasteiger partial charge in [0.15, 0.2) is 0 Å². The van der Waals surface area contributed by atoms with E-state index in [9.17, 15) is 4.79 Å². The number of nitrogens with zero attached hydrogens (tertiary/aromatic N) is 1. The van der Waals surface area contributed by atoms with Gasteiger partial charge in [-0.2, -0.15) is 0 Å². The number of esters is 1. The van der Waals surface area contributed by atoms with Gasteiger partial charge in [-0.3, -0.25) is 9.78 Å². The Morgan fingerprint density at radius 3 is 2.89 bits per heavy atom. The zero-order valence-corrected chi connectivity index (χ0v) is 11.0. The Hall–Kier alpha value is -1.94. The van der Waals surface area contributed by atoms with Crippen molar-refractivity contribution in [3.63, 3.8) is 0 Å². The molecule has 2 aromatic rings. The quantitative estimate of drug-likeness (QED) is 0.832. The van der Waals surface area contributed by atoms with E-state index in [1.54, 1.807) is 13.1 Å². The summed E-state index contributed by atoms with van der Waals surface area (Å²) < 4.78 is 5.04. The summed E-state index contributed by atoms with van der Waals surface area (Å²) >= 11 is 0. The Balaban J connectivity index is 2.27. The molecule has 0 spiro atoms. The van der Waals surface area contributed by atoms with E-state index in [1.165, 1.54) is 0 Å². The van der Waals surface area contributed by atoms with Gasteiger partial charge in [0, 0.05) is 18.1 Å². The lowest BCUT2D eigenvalue weighted by atomic mass is 9.97. The summed E-state index contributed by atoms with van der Waals surface area (Å²) in [5, 5.41) is 1.06. The number of benzene rings is 1. The number of rotatable bonds is 5. The van der Waals surface area contributed by atoms with Crippen LogP contribution in [0, 0.1) is 5.92 Å². The second-order valence-electron chi connectivity index (χ2n) is 4.38. The van der Waals surface area contributed by atoms with Crippen LogP contribution in [0.1, 0.15) is 12.5 Å². The monoisotopic (exact) mass is 258 g/mol. The first-order chi connectivity index (χ1) is 9.26. The third-order valence-electron chi connectivity index (χ3n) is 3.11. The number of aromatic nitrogens is 1. The van der Waals surface area contributed by atoms with Crippen molar-refractivity contribution >= 4 is 16.9 Å². The molecule has 4 nitrogen and oxygen atoms in total. The number of para-hydroxylation sites is 1. The van der Waals surface area contributed by atoms with Gasteiger partial charge in [-0.25, -0.2) is 0 Å². The lowest BCUT2D eigenvalue weighted by molar-refractivity contribution is -0.147. The first kappa shape index (κ1) is 13.5. The van der Waals surface area contributed by atoms with E-state index in [0.29, 0.717) is 13.0 Å². The molecular weight excluding hydrogens is 240 g/mol. The lowest BCUT2D eigenvalue weighted by Crippen LogP contribution is -2.27. The molecule has 0 radical (unpaired) electrons. The Morgan fingerprint density at radius 2 is 2.16 bits per heavy atom. The summed E-state index contributed by atoms with van der Waals surface area (Å²) in [6.07, 6.45) is 2.34. The van der Waals surface area contributed by atoms with Crippen LogP contribution >= 0.6 is 0 Å². The van der Waals surface area contributed by atoms with Crippen LogP contribution in [0.15, 0.2) is 36.5 Å². The lowest BCUT2D eigenvalue weighted by Gasteiger charge is -2.14. The van der Waals surface area contributed by atoms with Crippen LogP contribution in [0.5, 0.6) is 0 Å². The summed E-state index contributed by atoms with van der Waals surface area (Å²) in [5.74, 6) is -0.531. The average molecular weight is 258 g/mol. The molecule has 100 valence electrons. The normalized spacial score (nSPS) is 12.3. The molecule has 2 rings (SSSR count). The molecule has 1 aromatic carbocycles. The Labute approximate surface area is 112 Å². The number of hydrogen-bond donors (Lipinski definition) is 1. The minimum absolute atomic E-state index is 0.231. The van der Waals surface area contributed by atoms with E-state index in [0.717, 1.165) is 16.5 Å².